The van der Waals surface area contributed by atoms with E-state index in [2.05, 4.69) is 0 Å². The predicted octanol–water partition coefficient (Wildman–Crippen LogP) is 9.65. The van der Waals surface area contributed by atoms with Crippen molar-refractivity contribution in [3.8, 4) is 0 Å². The largest absolute Gasteiger partial charge is 0.455 e. The maximum Gasteiger partial charge on any atom is 0.369 e. The molecule has 8 atom stereocenters. The van der Waals surface area contributed by atoms with Gasteiger partial charge in [-0.2, -0.15) is 0 Å². The van der Waals surface area contributed by atoms with Crippen LogP contribution in [0.4, 0.5) is 0 Å². The van der Waals surface area contributed by atoms with Crippen molar-refractivity contribution in [1.82, 2.24) is 0 Å². The van der Waals surface area contributed by atoms with E-state index >= 15 is 9.13 Å². The molecule has 2 aliphatic rings. The minimum absolute atomic E-state index is 0.0642. The van der Waals surface area contributed by atoms with Crippen molar-refractivity contribution in [3.63, 3.8) is 0 Å². The second-order valence-electron chi connectivity index (χ2n) is 20.5. The third kappa shape index (κ3) is 11.5. The van der Waals surface area contributed by atoms with Crippen LogP contribution < -0.4 is 0 Å². The summed E-state index contributed by atoms with van der Waals surface area (Å²) >= 11 is 0. The summed E-state index contributed by atoms with van der Waals surface area (Å²) in [5.41, 5.74) is -6.33. The molecule has 8 rings (SSSR count). The third-order valence-electron chi connectivity index (χ3n) is 15.3. The Bertz CT molecular complexity index is 2880. The topological polar surface area (TPSA) is 225 Å². The number of ketones is 1. The molecule has 17 heteroatoms. The second-order valence-corrected chi connectivity index (χ2v) is 24.8. The van der Waals surface area contributed by atoms with Gasteiger partial charge in [-0.05, 0) is 58.6 Å². The van der Waals surface area contributed by atoms with E-state index in [-0.39, 0.29) is 29.2 Å². The lowest BCUT2D eigenvalue weighted by molar-refractivity contribution is -0.341. The molecule has 2 saturated carbocycles. The zero-order valence-corrected chi connectivity index (χ0v) is 45.2. The van der Waals surface area contributed by atoms with Gasteiger partial charge in [-0.25, -0.2) is 4.79 Å². The van der Waals surface area contributed by atoms with Gasteiger partial charge in [-0.3, -0.25) is 13.9 Å². The average Bonchev–Trinajstić information content (AvgIpc) is 3.63. The van der Waals surface area contributed by atoms with Crippen molar-refractivity contribution in [1.29, 1.82) is 0 Å². The number of aliphatic hydroxyl groups is 5. The zero-order valence-electron chi connectivity index (χ0n) is 43.4. The summed E-state index contributed by atoms with van der Waals surface area (Å²) < 4.78 is 71.8. The van der Waals surface area contributed by atoms with E-state index in [0.717, 1.165) is 0 Å². The number of Topliss-reactive ketones (excluding diaryl/α,β-unsaturated/α-hetero) is 1. The van der Waals surface area contributed by atoms with Crippen LogP contribution in [0.2, 0.25) is 0 Å². The van der Waals surface area contributed by atoms with E-state index in [4.69, 9.17) is 27.6 Å². The minimum atomic E-state index is -6.08. The molecule has 0 bridgehead atoms. The predicted molar refractivity (Wildman–Crippen MR) is 288 cm³/mol. The van der Waals surface area contributed by atoms with Crippen LogP contribution in [0.15, 0.2) is 182 Å². The van der Waals surface area contributed by atoms with Gasteiger partial charge in [0.05, 0.1) is 26.4 Å². The maximum absolute atomic E-state index is 17.2. The molecule has 0 amide bonds. The third-order valence-corrected chi connectivity index (χ3v) is 20.4. The van der Waals surface area contributed by atoms with Crippen LogP contribution >= 0.6 is 15.2 Å². The number of ether oxygens (including phenoxy) is 2. The Balaban J connectivity index is 1.41. The van der Waals surface area contributed by atoms with E-state index in [9.17, 15) is 35.1 Å². The number of esters is 1. The summed E-state index contributed by atoms with van der Waals surface area (Å²) in [5, 5.41) is 62.6. The van der Waals surface area contributed by atoms with Crippen LogP contribution in [-0.2, 0) is 85.6 Å². The average molecular weight is 1090 g/mol. The van der Waals surface area contributed by atoms with E-state index in [1.807, 2.05) is 20.8 Å². The van der Waals surface area contributed by atoms with Gasteiger partial charge in [0.2, 0.25) is 10.7 Å². The van der Waals surface area contributed by atoms with Crippen molar-refractivity contribution in [3.05, 3.63) is 215 Å². The smallest absolute Gasteiger partial charge is 0.369 e. The molecule has 0 radical (unpaired) electrons. The molecular formula is C60H68O15P2. The van der Waals surface area contributed by atoms with E-state index in [0.29, 0.717) is 35.1 Å². The molecule has 0 aromatic heterocycles. The maximum atomic E-state index is 17.2. The summed E-state index contributed by atoms with van der Waals surface area (Å²) in [6.45, 7) is 2.09. The lowest BCUT2D eigenvalue weighted by Gasteiger charge is -2.65. The normalized spacial score (nSPS) is 26.8. The summed E-state index contributed by atoms with van der Waals surface area (Å²) in [5.74, 6) is -1.60. The fraction of sp³-hybridized carbons (Fsp3) is 0.367. The van der Waals surface area contributed by atoms with Crippen LogP contribution in [0.1, 0.15) is 73.4 Å². The molecule has 0 aliphatic heterocycles. The van der Waals surface area contributed by atoms with Crippen LogP contribution in [0.5, 0.6) is 0 Å². The van der Waals surface area contributed by atoms with Gasteiger partial charge < -0.3 is 53.1 Å². The number of hydrogen-bond donors (Lipinski definition) is 5. The van der Waals surface area contributed by atoms with Crippen LogP contribution in [0, 0.1) is 11.3 Å². The molecule has 0 heterocycles. The van der Waals surface area contributed by atoms with Crippen LogP contribution in [0.25, 0.3) is 0 Å². The highest BCUT2D eigenvalue weighted by Gasteiger charge is 2.92. The fourth-order valence-electron chi connectivity index (χ4n) is 10.5. The Hall–Kier alpha value is -5.48. The first-order valence-corrected chi connectivity index (χ1v) is 28.9. The molecule has 0 saturated heterocycles. The number of carbonyl (C=O) groups is 2. The molecule has 0 spiro atoms. The van der Waals surface area contributed by atoms with Crippen molar-refractivity contribution in [2.24, 2.45) is 11.3 Å². The van der Waals surface area contributed by atoms with Crippen molar-refractivity contribution < 1.29 is 71.8 Å². The zero-order chi connectivity index (χ0) is 55.0. The molecule has 6 aromatic rings. The van der Waals surface area contributed by atoms with Gasteiger partial charge in [-0.15, -0.1) is 0 Å². The molecule has 5 N–H and O–H groups in total. The monoisotopic (exact) mass is 1090 g/mol. The summed E-state index contributed by atoms with van der Waals surface area (Å²) in [6, 6.07) is 48.5. The highest BCUT2D eigenvalue weighted by atomic mass is 31.2. The first-order valence-electron chi connectivity index (χ1n) is 25.8. The number of benzene rings is 6. The van der Waals surface area contributed by atoms with Crippen LogP contribution in [0.3, 0.4) is 0 Å². The number of hydrogen-bond acceptors (Lipinski definition) is 15. The fourth-order valence-corrected chi connectivity index (χ4v) is 16.0. The molecule has 408 valence electrons. The molecular weight excluding hydrogens is 1020 g/mol. The highest BCUT2D eigenvalue weighted by molar-refractivity contribution is 7.60. The van der Waals surface area contributed by atoms with E-state index in [1.165, 1.54) is 24.3 Å². The standard InChI is InChI=1S/C60H68O15P2/c1-44(2)56(3)36-22-35-51(53(56)62)70-43-52(61)75-55-54(63)57(64,37-45-23-10-4-11-24-45)59(66,76(68,71-39-47-27-14-6-15-28-47)72-40-48-29-16-7-17-30-48)60(67,58(55,65)38-46-25-12-5-13-26-46)77(69,73-41-49-31-18-8-19-32-49)74-42-50-33-20-9-21-34-50/h4-21,23-34,44,51,54-55,63-67H,22,35-43H2,1-3H3/t51?,54-,55+,56?,57-,58-,59-,60-/m1/s1. The van der Waals surface area contributed by atoms with Crippen LogP contribution in [-0.4, -0.2) is 84.1 Å². The highest BCUT2D eigenvalue weighted by Crippen LogP contribution is 2.81. The summed E-state index contributed by atoms with van der Waals surface area (Å²) in [4.78, 5) is 28.6. The molecule has 15 nitrogen and oxygen atoms in total. The molecule has 6 aromatic carbocycles. The molecule has 2 aliphatic carbocycles. The lowest BCUT2D eigenvalue weighted by atomic mass is 9.63. The van der Waals surface area contributed by atoms with Crippen molar-refractivity contribution in [2.45, 2.75) is 120 Å². The van der Waals surface area contributed by atoms with Crippen molar-refractivity contribution >= 4 is 26.9 Å². The molecule has 2 fully saturated rings. The second kappa shape index (κ2) is 24.3. The SMILES string of the molecule is CC(C)C1(C)CCCC(OCC(=O)O[C@H]2[C@@H](O)[C@](O)(Cc3ccccc3)[C@@](O)(P(=O)(OCc3ccccc3)OCc3ccccc3)[C@](O)(P(=O)(OCc3ccccc3)OCc3ccccc3)[C@@]2(O)Cc2ccccc2)C1=O. The van der Waals surface area contributed by atoms with Gasteiger partial charge in [0.25, 0.3) is 0 Å². The van der Waals surface area contributed by atoms with Crippen molar-refractivity contribution in [2.75, 3.05) is 6.61 Å². The van der Waals surface area contributed by atoms with Gasteiger partial charge in [-0.1, -0.05) is 203 Å². The first kappa shape index (κ1) is 57.7. The van der Waals surface area contributed by atoms with E-state index in [1.54, 1.807) is 158 Å². The minimum Gasteiger partial charge on any atom is -0.455 e. The number of rotatable bonds is 23. The van der Waals surface area contributed by atoms with E-state index < -0.39 is 113 Å². The van der Waals surface area contributed by atoms with Gasteiger partial charge in [0.15, 0.2) is 17.5 Å². The Morgan fingerprint density at radius 1 is 0.545 bits per heavy atom. The number of aliphatic hydroxyl groups excluding tert-OH is 1. The summed E-state index contributed by atoms with van der Waals surface area (Å²) in [6.07, 6.45) is -6.96. The Morgan fingerprint density at radius 2 is 0.870 bits per heavy atom. The summed E-state index contributed by atoms with van der Waals surface area (Å²) in [7, 11) is -12.1. The van der Waals surface area contributed by atoms with Gasteiger partial charge >= 0.3 is 21.2 Å². The van der Waals surface area contributed by atoms with Gasteiger partial charge in [0, 0.05) is 18.3 Å². The Morgan fingerprint density at radius 3 is 1.22 bits per heavy atom. The van der Waals surface area contributed by atoms with Gasteiger partial charge in [0.1, 0.15) is 24.4 Å². The Kier molecular flexibility index (Phi) is 18.2. The Labute approximate surface area is 449 Å². The first-order chi connectivity index (χ1) is 36.8. The molecule has 77 heavy (non-hydrogen) atoms. The molecule has 2 unspecified atom stereocenters. The quantitative estimate of drug-likeness (QED) is 0.0297. The lowest BCUT2D eigenvalue weighted by Crippen LogP contribution is -2.88. The number of carbonyl (C=O) groups excluding carboxylic acids is 2.